The number of hydrogen-bond donors (Lipinski definition) is 0. The first-order valence-corrected chi connectivity index (χ1v) is 13.1. The number of carbonyl (C=O) groups is 1. The normalized spacial score (nSPS) is 11.4. The summed E-state index contributed by atoms with van der Waals surface area (Å²) in [6.07, 6.45) is 0.276. The summed E-state index contributed by atoms with van der Waals surface area (Å²) in [4.78, 5) is 21.6. The lowest BCUT2D eigenvalue weighted by Gasteiger charge is -2.25. The van der Waals surface area contributed by atoms with E-state index in [0.29, 0.717) is 26.7 Å². The average Bonchev–Trinajstić information content (AvgIpc) is 2.83. The second kappa shape index (κ2) is 11.0. The van der Waals surface area contributed by atoms with Crippen LogP contribution in [-0.2, 0) is 20.1 Å². The van der Waals surface area contributed by atoms with Crippen molar-refractivity contribution >= 4 is 37.9 Å². The van der Waals surface area contributed by atoms with E-state index in [9.17, 15) is 13.2 Å². The molecule has 0 aliphatic heterocycles. The van der Waals surface area contributed by atoms with Crippen molar-refractivity contribution in [3.05, 3.63) is 66.0 Å². The fourth-order valence-corrected chi connectivity index (χ4v) is 5.62. The highest BCUT2D eigenvalue weighted by molar-refractivity contribution is 9.08. The average molecular weight is 548 g/mol. The molecule has 0 aliphatic carbocycles. The first-order chi connectivity index (χ1) is 16.2. The number of ether oxygens (including phenoxy) is 2. The van der Waals surface area contributed by atoms with Crippen molar-refractivity contribution in [2.75, 3.05) is 18.0 Å². The molecular weight excluding hydrogens is 522 g/mol. The molecule has 1 aromatic heterocycles. The summed E-state index contributed by atoms with van der Waals surface area (Å²) >= 11 is 3.39. The molecule has 0 saturated carbocycles. The standard InChI is InChI=1S/C24H26BrN3O5S/c1-16(2)15-33-24(29)28(22-23(32-4)27-17(3)14-26-22)34(30,31)21-19(13-25)11-8-12-20(21)18-9-6-5-7-10-18/h5-12,14,16H,13,15H2,1-4H3. The molecule has 0 saturated heterocycles. The largest absolute Gasteiger partial charge is 0.478 e. The van der Waals surface area contributed by atoms with Crippen molar-refractivity contribution in [2.24, 2.45) is 5.92 Å². The van der Waals surface area contributed by atoms with Crippen LogP contribution in [0, 0.1) is 12.8 Å². The van der Waals surface area contributed by atoms with E-state index >= 15 is 0 Å². The van der Waals surface area contributed by atoms with Gasteiger partial charge in [0, 0.05) is 10.9 Å². The van der Waals surface area contributed by atoms with Crippen LogP contribution in [0.25, 0.3) is 11.1 Å². The molecule has 10 heteroatoms. The number of carbonyl (C=O) groups excluding carboxylic acids is 1. The highest BCUT2D eigenvalue weighted by Gasteiger charge is 2.39. The first kappa shape index (κ1) is 25.6. The van der Waals surface area contributed by atoms with Crippen LogP contribution in [0.2, 0.25) is 0 Å². The Morgan fingerprint density at radius 3 is 2.44 bits per heavy atom. The number of hydrogen-bond acceptors (Lipinski definition) is 7. The number of rotatable bonds is 8. The Morgan fingerprint density at radius 1 is 1.12 bits per heavy atom. The van der Waals surface area contributed by atoms with Crippen molar-refractivity contribution in [2.45, 2.75) is 31.0 Å². The van der Waals surface area contributed by atoms with Gasteiger partial charge < -0.3 is 9.47 Å². The minimum atomic E-state index is -4.52. The van der Waals surface area contributed by atoms with E-state index in [1.54, 1.807) is 37.3 Å². The van der Waals surface area contributed by atoms with Crippen LogP contribution in [0.1, 0.15) is 25.1 Å². The van der Waals surface area contributed by atoms with Gasteiger partial charge in [0.2, 0.25) is 5.82 Å². The van der Waals surface area contributed by atoms with Crippen molar-refractivity contribution in [1.82, 2.24) is 9.97 Å². The van der Waals surface area contributed by atoms with Gasteiger partial charge in [0.15, 0.2) is 0 Å². The Labute approximate surface area is 208 Å². The van der Waals surface area contributed by atoms with E-state index in [0.717, 1.165) is 0 Å². The molecule has 0 fully saturated rings. The predicted molar refractivity (Wildman–Crippen MR) is 134 cm³/mol. The summed E-state index contributed by atoms with van der Waals surface area (Å²) in [5.41, 5.74) is 2.10. The molecule has 34 heavy (non-hydrogen) atoms. The number of aryl methyl sites for hydroxylation is 1. The number of benzene rings is 2. The fourth-order valence-electron chi connectivity index (χ4n) is 3.25. The zero-order valence-corrected chi connectivity index (χ0v) is 21.8. The summed E-state index contributed by atoms with van der Waals surface area (Å²) in [5.74, 6) is -0.387. The number of alkyl halides is 1. The van der Waals surface area contributed by atoms with Crippen LogP contribution in [0.15, 0.2) is 59.6 Å². The molecular formula is C24H26BrN3O5S. The Bertz CT molecular complexity index is 1270. The maximum atomic E-state index is 14.2. The van der Waals surface area contributed by atoms with Gasteiger partial charge in [0.1, 0.15) is 0 Å². The third-order valence-electron chi connectivity index (χ3n) is 4.76. The predicted octanol–water partition coefficient (Wildman–Crippen LogP) is 5.34. The van der Waals surface area contributed by atoms with Gasteiger partial charge in [-0.25, -0.2) is 23.2 Å². The lowest BCUT2D eigenvalue weighted by atomic mass is 10.0. The summed E-state index contributed by atoms with van der Waals surface area (Å²) < 4.78 is 39.6. The molecule has 1 heterocycles. The summed E-state index contributed by atoms with van der Waals surface area (Å²) in [7, 11) is -3.19. The van der Waals surface area contributed by atoms with Gasteiger partial charge >= 0.3 is 6.09 Å². The van der Waals surface area contributed by atoms with E-state index in [1.807, 2.05) is 32.0 Å². The molecule has 8 nitrogen and oxygen atoms in total. The van der Waals surface area contributed by atoms with Crippen LogP contribution in [0.3, 0.4) is 0 Å². The lowest BCUT2D eigenvalue weighted by Crippen LogP contribution is -2.39. The molecule has 0 bridgehead atoms. The Hall–Kier alpha value is -2.98. The molecule has 0 spiro atoms. The molecule has 0 radical (unpaired) electrons. The van der Waals surface area contributed by atoms with Crippen molar-refractivity contribution in [3.63, 3.8) is 0 Å². The number of amides is 1. The van der Waals surface area contributed by atoms with Crippen LogP contribution in [0.4, 0.5) is 10.6 Å². The molecule has 1 amide bonds. The third kappa shape index (κ3) is 5.39. The molecule has 0 atom stereocenters. The smallest absolute Gasteiger partial charge is 0.430 e. The minimum absolute atomic E-state index is 0.00536. The molecule has 0 unspecified atom stereocenters. The Kier molecular flexibility index (Phi) is 8.27. The van der Waals surface area contributed by atoms with Crippen molar-refractivity contribution in [3.8, 4) is 17.0 Å². The van der Waals surface area contributed by atoms with Gasteiger partial charge in [-0.2, -0.15) is 0 Å². The van der Waals surface area contributed by atoms with Gasteiger partial charge in [-0.15, -0.1) is 4.31 Å². The number of nitrogens with zero attached hydrogens (tertiary/aromatic N) is 3. The first-order valence-electron chi connectivity index (χ1n) is 10.5. The summed E-state index contributed by atoms with van der Waals surface area (Å²) in [5, 5.41) is 0.244. The van der Waals surface area contributed by atoms with Gasteiger partial charge in [-0.3, -0.25) is 0 Å². The molecule has 3 aromatic rings. The highest BCUT2D eigenvalue weighted by atomic mass is 79.9. The van der Waals surface area contributed by atoms with Gasteiger partial charge in [0.05, 0.1) is 30.5 Å². The summed E-state index contributed by atoms with van der Waals surface area (Å²) in [6, 6.07) is 14.2. The molecule has 0 N–H and O–H groups in total. The van der Waals surface area contributed by atoms with Gasteiger partial charge in [0.25, 0.3) is 15.9 Å². The maximum Gasteiger partial charge on any atom is 0.430 e. The SMILES string of the molecule is COc1nc(C)cnc1N(C(=O)OCC(C)C)S(=O)(=O)c1c(CBr)cccc1-c1ccccc1. The van der Waals surface area contributed by atoms with Crippen molar-refractivity contribution in [1.29, 1.82) is 0 Å². The molecule has 180 valence electrons. The third-order valence-corrected chi connectivity index (χ3v) is 7.16. The zero-order valence-electron chi connectivity index (χ0n) is 19.4. The summed E-state index contributed by atoms with van der Waals surface area (Å²) in [6.45, 7) is 5.42. The van der Waals surface area contributed by atoms with E-state index in [1.165, 1.54) is 13.3 Å². The van der Waals surface area contributed by atoms with E-state index in [-0.39, 0.29) is 34.4 Å². The van der Waals surface area contributed by atoms with E-state index < -0.39 is 16.1 Å². The highest BCUT2D eigenvalue weighted by Crippen LogP contribution is 2.37. The Balaban J connectivity index is 2.30. The minimum Gasteiger partial charge on any atom is -0.478 e. The van der Waals surface area contributed by atoms with E-state index in [2.05, 4.69) is 25.9 Å². The Morgan fingerprint density at radius 2 is 1.82 bits per heavy atom. The molecule has 2 aromatic carbocycles. The van der Waals surface area contributed by atoms with Crippen molar-refractivity contribution < 1.29 is 22.7 Å². The number of anilines is 1. The number of sulfonamides is 1. The van der Waals surface area contributed by atoms with Gasteiger partial charge in [-0.05, 0) is 24.0 Å². The van der Waals surface area contributed by atoms with E-state index in [4.69, 9.17) is 9.47 Å². The fraction of sp³-hybridized carbons (Fsp3) is 0.292. The maximum absolute atomic E-state index is 14.2. The quantitative estimate of drug-likeness (QED) is 0.350. The second-order valence-corrected chi connectivity index (χ2v) is 10.2. The van der Waals surface area contributed by atoms with Gasteiger partial charge in [-0.1, -0.05) is 78.3 Å². The van der Waals surface area contributed by atoms with Crippen LogP contribution >= 0.6 is 15.9 Å². The second-order valence-electron chi connectivity index (χ2n) is 7.88. The molecule has 0 aliphatic rings. The number of halogens is 1. The van der Waals surface area contributed by atoms with Crippen LogP contribution < -0.4 is 9.04 Å². The van der Waals surface area contributed by atoms with Crippen LogP contribution in [0.5, 0.6) is 5.88 Å². The van der Waals surface area contributed by atoms with Crippen LogP contribution in [-0.4, -0.2) is 38.2 Å². The number of methoxy groups -OCH3 is 1. The molecule has 3 rings (SSSR count). The topological polar surface area (TPSA) is 98.7 Å². The number of aromatic nitrogens is 2. The monoisotopic (exact) mass is 547 g/mol. The lowest BCUT2D eigenvalue weighted by molar-refractivity contribution is 0.143. The zero-order chi connectivity index (χ0) is 24.9.